The van der Waals surface area contributed by atoms with Crippen LogP contribution in [0.2, 0.25) is 0 Å². The maximum absolute atomic E-state index is 12.6. The molecule has 6 heteroatoms. The van der Waals surface area contributed by atoms with Gasteiger partial charge in [-0.05, 0) is 69.2 Å². The van der Waals surface area contributed by atoms with E-state index in [-0.39, 0.29) is 18.0 Å². The van der Waals surface area contributed by atoms with Crippen molar-refractivity contribution >= 4 is 23.3 Å². The molecule has 30 heavy (non-hydrogen) atoms. The van der Waals surface area contributed by atoms with Crippen LogP contribution in [0.25, 0.3) is 0 Å². The molecule has 0 aliphatic heterocycles. The summed E-state index contributed by atoms with van der Waals surface area (Å²) >= 11 is 0. The lowest BCUT2D eigenvalue weighted by Gasteiger charge is -2.20. The first-order chi connectivity index (χ1) is 14.4. The van der Waals surface area contributed by atoms with Gasteiger partial charge in [-0.15, -0.1) is 0 Å². The van der Waals surface area contributed by atoms with E-state index >= 15 is 0 Å². The van der Waals surface area contributed by atoms with E-state index in [1.807, 2.05) is 69.3 Å². The topological polar surface area (TPSA) is 64.7 Å². The number of rotatable bonds is 9. The molecule has 0 radical (unpaired) electrons. The highest BCUT2D eigenvalue weighted by atomic mass is 16.2. The van der Waals surface area contributed by atoms with Gasteiger partial charge in [-0.2, -0.15) is 0 Å². The fourth-order valence-corrected chi connectivity index (χ4v) is 3.26. The minimum atomic E-state index is -0.146. The van der Waals surface area contributed by atoms with E-state index < -0.39 is 0 Å². The predicted molar refractivity (Wildman–Crippen MR) is 124 cm³/mol. The smallest absolute Gasteiger partial charge is 0.321 e. The highest BCUT2D eigenvalue weighted by Gasteiger charge is 2.13. The van der Waals surface area contributed by atoms with Gasteiger partial charge in [0.15, 0.2) is 0 Å². The van der Waals surface area contributed by atoms with Gasteiger partial charge < -0.3 is 20.4 Å². The second kappa shape index (κ2) is 11.2. The number of hydrogen-bond donors (Lipinski definition) is 2. The molecule has 0 fully saturated rings. The largest absolute Gasteiger partial charge is 0.375 e. The van der Waals surface area contributed by atoms with E-state index in [9.17, 15) is 9.59 Å². The Labute approximate surface area is 180 Å². The average molecular weight is 411 g/mol. The van der Waals surface area contributed by atoms with Crippen molar-refractivity contribution in [2.24, 2.45) is 0 Å². The summed E-state index contributed by atoms with van der Waals surface area (Å²) in [5, 5.41) is 5.93. The molecule has 2 N–H and O–H groups in total. The van der Waals surface area contributed by atoms with Gasteiger partial charge in [0.1, 0.15) is 0 Å². The predicted octanol–water partition coefficient (Wildman–Crippen LogP) is 4.90. The average Bonchev–Trinajstić information content (AvgIpc) is 2.75. The Morgan fingerprint density at radius 1 is 0.933 bits per heavy atom. The van der Waals surface area contributed by atoms with Crippen molar-refractivity contribution in [1.29, 1.82) is 0 Å². The minimum Gasteiger partial charge on any atom is -0.375 e. The standard InChI is InChI=1S/C24H34N4O2/c1-6-17-27(5)22-15-11-20(12-16-22)23(29)25-18(4)19-9-13-21(14-10-19)26-24(30)28(7-2)8-3/h9-16,18H,6-8,17H2,1-5H3,(H,25,29)(H,26,30)/t18-/m0/s1. The zero-order valence-electron chi connectivity index (χ0n) is 18.7. The lowest BCUT2D eigenvalue weighted by atomic mass is 10.1. The number of urea groups is 1. The number of amides is 3. The van der Waals surface area contributed by atoms with E-state index in [2.05, 4.69) is 29.5 Å². The first-order valence-electron chi connectivity index (χ1n) is 10.7. The Morgan fingerprint density at radius 2 is 1.53 bits per heavy atom. The van der Waals surface area contributed by atoms with Gasteiger partial charge in [0.2, 0.25) is 0 Å². The summed E-state index contributed by atoms with van der Waals surface area (Å²) in [6, 6.07) is 15.0. The summed E-state index contributed by atoms with van der Waals surface area (Å²) in [5.41, 5.74) is 3.45. The molecule has 0 saturated heterocycles. The van der Waals surface area contributed by atoms with Crippen molar-refractivity contribution in [3.63, 3.8) is 0 Å². The van der Waals surface area contributed by atoms with Gasteiger partial charge in [0.05, 0.1) is 6.04 Å². The van der Waals surface area contributed by atoms with Crippen LogP contribution in [-0.2, 0) is 0 Å². The Morgan fingerprint density at radius 3 is 2.07 bits per heavy atom. The number of carbonyl (C=O) groups is 2. The summed E-state index contributed by atoms with van der Waals surface area (Å²) in [6.07, 6.45) is 1.08. The van der Waals surface area contributed by atoms with Crippen LogP contribution in [-0.4, -0.2) is 43.5 Å². The van der Waals surface area contributed by atoms with E-state index in [0.717, 1.165) is 29.9 Å². The first-order valence-corrected chi connectivity index (χ1v) is 10.7. The summed E-state index contributed by atoms with van der Waals surface area (Å²) in [6.45, 7) is 10.3. The number of benzene rings is 2. The second-order valence-corrected chi connectivity index (χ2v) is 7.39. The molecule has 6 nitrogen and oxygen atoms in total. The molecule has 2 aromatic rings. The fraction of sp³-hybridized carbons (Fsp3) is 0.417. The van der Waals surface area contributed by atoms with Crippen molar-refractivity contribution < 1.29 is 9.59 Å². The molecule has 3 amide bonds. The third kappa shape index (κ3) is 6.24. The highest BCUT2D eigenvalue weighted by Crippen LogP contribution is 2.18. The Bertz CT molecular complexity index is 814. The Hall–Kier alpha value is -3.02. The number of anilines is 2. The van der Waals surface area contributed by atoms with Crippen LogP contribution >= 0.6 is 0 Å². The lowest BCUT2D eigenvalue weighted by Crippen LogP contribution is -2.34. The van der Waals surface area contributed by atoms with E-state index in [1.165, 1.54) is 0 Å². The van der Waals surface area contributed by atoms with Crippen LogP contribution in [0.15, 0.2) is 48.5 Å². The normalized spacial score (nSPS) is 11.5. The Balaban J connectivity index is 1.96. The van der Waals surface area contributed by atoms with Crippen molar-refractivity contribution in [2.75, 3.05) is 36.9 Å². The van der Waals surface area contributed by atoms with E-state index in [0.29, 0.717) is 18.7 Å². The summed E-state index contributed by atoms with van der Waals surface area (Å²) in [7, 11) is 2.05. The molecule has 2 aromatic carbocycles. The number of nitrogens with zero attached hydrogens (tertiary/aromatic N) is 2. The number of nitrogens with one attached hydrogen (secondary N) is 2. The van der Waals surface area contributed by atoms with Crippen molar-refractivity contribution in [2.45, 2.75) is 40.2 Å². The summed E-state index contributed by atoms with van der Waals surface area (Å²) < 4.78 is 0. The maximum Gasteiger partial charge on any atom is 0.321 e. The monoisotopic (exact) mass is 410 g/mol. The number of carbonyl (C=O) groups excluding carboxylic acids is 2. The molecule has 0 heterocycles. The van der Waals surface area contributed by atoms with Crippen LogP contribution in [0, 0.1) is 0 Å². The molecule has 0 aliphatic carbocycles. The lowest BCUT2D eigenvalue weighted by molar-refractivity contribution is 0.0940. The van der Waals surface area contributed by atoms with E-state index in [4.69, 9.17) is 0 Å². The molecule has 0 saturated carbocycles. The van der Waals surface area contributed by atoms with Gasteiger partial charge in [-0.25, -0.2) is 4.79 Å². The molecule has 0 spiro atoms. The van der Waals surface area contributed by atoms with Gasteiger partial charge in [0, 0.05) is 43.6 Å². The highest BCUT2D eigenvalue weighted by molar-refractivity contribution is 5.94. The molecule has 0 aromatic heterocycles. The van der Waals surface area contributed by atoms with Crippen LogP contribution < -0.4 is 15.5 Å². The van der Waals surface area contributed by atoms with Gasteiger partial charge in [0.25, 0.3) is 5.91 Å². The quantitative estimate of drug-likeness (QED) is 0.618. The second-order valence-electron chi connectivity index (χ2n) is 7.39. The third-order valence-electron chi connectivity index (χ3n) is 5.19. The van der Waals surface area contributed by atoms with Crippen LogP contribution in [0.3, 0.4) is 0 Å². The SMILES string of the molecule is CCCN(C)c1ccc(C(=O)N[C@@H](C)c2ccc(NC(=O)N(CC)CC)cc2)cc1. The first kappa shape index (κ1) is 23.3. The zero-order valence-corrected chi connectivity index (χ0v) is 18.7. The summed E-state index contributed by atoms with van der Waals surface area (Å²) in [4.78, 5) is 28.7. The van der Waals surface area contributed by atoms with Crippen LogP contribution in [0.4, 0.5) is 16.2 Å². The molecule has 162 valence electrons. The van der Waals surface area contributed by atoms with Crippen LogP contribution in [0.5, 0.6) is 0 Å². The molecular formula is C24H34N4O2. The van der Waals surface area contributed by atoms with Crippen molar-refractivity contribution in [3.05, 3.63) is 59.7 Å². The van der Waals surface area contributed by atoms with Crippen molar-refractivity contribution in [1.82, 2.24) is 10.2 Å². The third-order valence-corrected chi connectivity index (χ3v) is 5.19. The fourth-order valence-electron chi connectivity index (χ4n) is 3.26. The van der Waals surface area contributed by atoms with Gasteiger partial charge >= 0.3 is 6.03 Å². The maximum atomic E-state index is 12.6. The van der Waals surface area contributed by atoms with Gasteiger partial charge in [-0.3, -0.25) is 4.79 Å². The zero-order chi connectivity index (χ0) is 22.1. The molecule has 0 bridgehead atoms. The van der Waals surface area contributed by atoms with Crippen molar-refractivity contribution in [3.8, 4) is 0 Å². The minimum absolute atomic E-state index is 0.105. The molecule has 2 rings (SSSR count). The van der Waals surface area contributed by atoms with Crippen LogP contribution in [0.1, 0.15) is 56.1 Å². The molecular weight excluding hydrogens is 376 g/mol. The molecule has 0 unspecified atom stereocenters. The number of hydrogen-bond acceptors (Lipinski definition) is 3. The molecule has 1 atom stereocenters. The summed E-state index contributed by atoms with van der Waals surface area (Å²) in [5.74, 6) is -0.105. The Kier molecular flexibility index (Phi) is 8.71. The van der Waals surface area contributed by atoms with Gasteiger partial charge in [-0.1, -0.05) is 19.1 Å². The van der Waals surface area contributed by atoms with E-state index in [1.54, 1.807) is 4.90 Å². The molecule has 0 aliphatic rings.